The molecule has 1 unspecified atom stereocenters. The lowest BCUT2D eigenvalue weighted by molar-refractivity contribution is -0.0751. The molecule has 1 saturated heterocycles. The molecule has 0 N–H and O–H groups in total. The lowest BCUT2D eigenvalue weighted by atomic mass is 9.71. The standard InChI is InChI=1S/C34H43N3O7/c1-8-10-41-31-20(4)32-34(44-18-43-32)28-22(31)15-25-29-27-21(14-24(36(29)5)26(16-35)37(25)23(28)9-2)13-19(3)30(39-7)33(27)42-17-40-12-11-38-6/h8,13,23-26,29H,1,9-12,14-15,17-18H2,2-7H3/t23-,24-,25?,26-,29-/m0/s1. The third kappa shape index (κ3) is 4.69. The molecular formula is C34H43N3O7. The van der Waals surface area contributed by atoms with E-state index in [-0.39, 0.29) is 43.8 Å². The molecule has 0 aliphatic carbocycles. The number of methoxy groups -OCH3 is 2. The van der Waals surface area contributed by atoms with E-state index in [1.165, 1.54) is 5.56 Å². The molecule has 0 aromatic heterocycles. The number of benzene rings is 2. The summed E-state index contributed by atoms with van der Waals surface area (Å²) < 4.78 is 41.8. The molecule has 0 amide bonds. The number of hydrogen-bond donors (Lipinski definition) is 0. The first-order valence-corrected chi connectivity index (χ1v) is 15.4. The van der Waals surface area contributed by atoms with E-state index in [1.807, 2.05) is 13.8 Å². The minimum atomic E-state index is -0.325. The zero-order valence-electron chi connectivity index (χ0n) is 26.6. The number of piperazine rings is 1. The Labute approximate surface area is 260 Å². The maximum Gasteiger partial charge on any atom is 0.231 e. The molecule has 2 aromatic rings. The van der Waals surface area contributed by atoms with Crippen LogP contribution in [0.4, 0.5) is 0 Å². The fourth-order valence-electron chi connectivity index (χ4n) is 8.00. The van der Waals surface area contributed by atoms with Crippen LogP contribution < -0.4 is 23.7 Å². The van der Waals surface area contributed by atoms with E-state index >= 15 is 0 Å². The van der Waals surface area contributed by atoms with Gasteiger partial charge in [0.05, 0.1) is 32.4 Å². The van der Waals surface area contributed by atoms with Crippen molar-refractivity contribution in [2.24, 2.45) is 0 Å². The van der Waals surface area contributed by atoms with Gasteiger partial charge in [-0.1, -0.05) is 25.6 Å². The van der Waals surface area contributed by atoms with Gasteiger partial charge in [-0.25, -0.2) is 0 Å². The highest BCUT2D eigenvalue weighted by atomic mass is 16.7. The predicted octanol–water partition coefficient (Wildman–Crippen LogP) is 4.79. The van der Waals surface area contributed by atoms with Gasteiger partial charge in [-0.2, -0.15) is 5.26 Å². The minimum absolute atomic E-state index is 0.00454. The monoisotopic (exact) mass is 605 g/mol. The van der Waals surface area contributed by atoms with Crippen molar-refractivity contribution >= 4 is 0 Å². The molecule has 4 aliphatic rings. The second-order valence-electron chi connectivity index (χ2n) is 11.9. The Kier molecular flexibility index (Phi) is 8.66. The average Bonchev–Trinajstić information content (AvgIpc) is 3.51. The molecule has 0 saturated carbocycles. The number of rotatable bonds is 11. The van der Waals surface area contributed by atoms with Crippen molar-refractivity contribution in [1.82, 2.24) is 9.80 Å². The second-order valence-corrected chi connectivity index (χ2v) is 11.9. The Morgan fingerprint density at radius 1 is 1.05 bits per heavy atom. The number of hydrogen-bond acceptors (Lipinski definition) is 10. The van der Waals surface area contributed by atoms with Crippen LogP contribution in [-0.2, 0) is 22.3 Å². The van der Waals surface area contributed by atoms with Gasteiger partial charge in [0.25, 0.3) is 0 Å². The van der Waals surface area contributed by atoms with Crippen LogP contribution in [0.2, 0.25) is 0 Å². The lowest BCUT2D eigenvalue weighted by Gasteiger charge is -2.60. The summed E-state index contributed by atoms with van der Waals surface area (Å²) in [6, 6.07) is 4.42. The van der Waals surface area contributed by atoms with Crippen molar-refractivity contribution < 1.29 is 33.2 Å². The first kappa shape index (κ1) is 30.5. The predicted molar refractivity (Wildman–Crippen MR) is 164 cm³/mol. The smallest absolute Gasteiger partial charge is 0.231 e. The zero-order valence-corrected chi connectivity index (χ0v) is 26.6. The fourth-order valence-corrected chi connectivity index (χ4v) is 8.00. The van der Waals surface area contributed by atoms with Crippen LogP contribution in [0.3, 0.4) is 0 Å². The third-order valence-electron chi connectivity index (χ3n) is 9.70. The van der Waals surface area contributed by atoms with Crippen LogP contribution in [0.25, 0.3) is 0 Å². The van der Waals surface area contributed by atoms with Crippen molar-refractivity contribution in [3.63, 3.8) is 0 Å². The van der Waals surface area contributed by atoms with Crippen LogP contribution in [-0.4, -0.2) is 82.6 Å². The van der Waals surface area contributed by atoms with Gasteiger partial charge in [0.15, 0.2) is 29.8 Å². The molecule has 2 aromatic carbocycles. The van der Waals surface area contributed by atoms with Crippen LogP contribution in [0.15, 0.2) is 18.7 Å². The highest BCUT2D eigenvalue weighted by Crippen LogP contribution is 2.59. The summed E-state index contributed by atoms with van der Waals surface area (Å²) in [7, 11) is 5.47. The molecule has 6 rings (SSSR count). The van der Waals surface area contributed by atoms with Crippen molar-refractivity contribution in [1.29, 1.82) is 5.26 Å². The molecule has 0 spiro atoms. The molecule has 0 radical (unpaired) electrons. The van der Waals surface area contributed by atoms with E-state index in [1.54, 1.807) is 20.3 Å². The molecule has 4 heterocycles. The Balaban J connectivity index is 1.53. The summed E-state index contributed by atoms with van der Waals surface area (Å²) in [6.07, 6.45) is 3.94. The molecule has 236 valence electrons. The maximum atomic E-state index is 10.8. The van der Waals surface area contributed by atoms with Crippen molar-refractivity contribution in [3.8, 4) is 34.8 Å². The highest BCUT2D eigenvalue weighted by Gasteiger charge is 2.56. The molecule has 5 atom stereocenters. The van der Waals surface area contributed by atoms with Gasteiger partial charge < -0.3 is 33.2 Å². The Hall–Kier alpha value is -3.49. The number of nitriles is 1. The van der Waals surface area contributed by atoms with E-state index in [0.717, 1.165) is 57.9 Å². The molecule has 2 bridgehead atoms. The quantitative estimate of drug-likeness (QED) is 0.202. The summed E-state index contributed by atoms with van der Waals surface area (Å²) in [6.45, 7) is 11.7. The van der Waals surface area contributed by atoms with Gasteiger partial charge in [0.2, 0.25) is 6.79 Å². The summed E-state index contributed by atoms with van der Waals surface area (Å²) in [5.74, 6) is 3.74. The number of likely N-dealkylation sites (N-methyl/N-ethyl adjacent to an activating group) is 1. The number of nitrogens with zero attached hydrogens (tertiary/aromatic N) is 3. The third-order valence-corrected chi connectivity index (χ3v) is 9.70. The molecule has 10 heteroatoms. The summed E-state index contributed by atoms with van der Waals surface area (Å²) in [5, 5.41) is 10.8. The summed E-state index contributed by atoms with van der Waals surface area (Å²) in [4.78, 5) is 4.83. The average molecular weight is 606 g/mol. The van der Waals surface area contributed by atoms with Gasteiger partial charge in [-0.05, 0) is 51.3 Å². The van der Waals surface area contributed by atoms with E-state index in [9.17, 15) is 5.26 Å². The molecule has 10 nitrogen and oxygen atoms in total. The number of ether oxygens (including phenoxy) is 7. The van der Waals surface area contributed by atoms with Crippen molar-refractivity contribution in [2.45, 2.75) is 70.2 Å². The summed E-state index contributed by atoms with van der Waals surface area (Å²) in [5.41, 5.74) is 6.40. The van der Waals surface area contributed by atoms with E-state index in [0.29, 0.717) is 37.7 Å². The SMILES string of the molecule is C=CCOc1c(C)c2c(c3c1CC1[C@H]4c5c(cc(C)c(OC)c5OCOCCOC)C[C@@H]([C@H](C#N)N1[C@H]3CC)N4C)OCO2. The Morgan fingerprint density at radius 2 is 1.84 bits per heavy atom. The first-order valence-electron chi connectivity index (χ1n) is 15.4. The van der Waals surface area contributed by atoms with E-state index < -0.39 is 0 Å². The van der Waals surface area contributed by atoms with Crippen LogP contribution in [0.5, 0.6) is 28.7 Å². The van der Waals surface area contributed by atoms with Gasteiger partial charge in [0.1, 0.15) is 18.4 Å². The summed E-state index contributed by atoms with van der Waals surface area (Å²) >= 11 is 0. The van der Waals surface area contributed by atoms with Gasteiger partial charge in [-0.3, -0.25) is 9.80 Å². The van der Waals surface area contributed by atoms with Crippen LogP contribution in [0, 0.1) is 25.2 Å². The lowest BCUT2D eigenvalue weighted by Crippen LogP contribution is -2.68. The molecule has 44 heavy (non-hydrogen) atoms. The van der Waals surface area contributed by atoms with Crippen molar-refractivity contribution in [3.05, 3.63) is 52.1 Å². The topological polar surface area (TPSA) is 94.9 Å². The Bertz CT molecular complexity index is 1470. The maximum absolute atomic E-state index is 10.8. The minimum Gasteiger partial charge on any atom is -0.493 e. The van der Waals surface area contributed by atoms with Gasteiger partial charge in [0, 0.05) is 47.5 Å². The van der Waals surface area contributed by atoms with Crippen molar-refractivity contribution in [2.75, 3.05) is 54.7 Å². The first-order chi connectivity index (χ1) is 21.4. The highest BCUT2D eigenvalue weighted by molar-refractivity contribution is 5.66. The number of aryl methyl sites for hydroxylation is 1. The second kappa shape index (κ2) is 12.5. The van der Waals surface area contributed by atoms with Gasteiger partial charge in [-0.15, -0.1) is 0 Å². The molecule has 1 fully saturated rings. The Morgan fingerprint density at radius 3 is 2.55 bits per heavy atom. The fraction of sp³-hybridized carbons (Fsp3) is 0.559. The molecular weight excluding hydrogens is 562 g/mol. The number of fused-ring (bicyclic) bond motifs is 9. The largest absolute Gasteiger partial charge is 0.493 e. The van der Waals surface area contributed by atoms with E-state index in [4.69, 9.17) is 33.2 Å². The van der Waals surface area contributed by atoms with Gasteiger partial charge >= 0.3 is 0 Å². The normalized spacial score (nSPS) is 25.0. The van der Waals surface area contributed by atoms with E-state index in [2.05, 4.69) is 42.5 Å². The van der Waals surface area contributed by atoms with Crippen LogP contribution in [0.1, 0.15) is 58.8 Å². The molecule has 4 aliphatic heterocycles. The zero-order chi connectivity index (χ0) is 31.1. The van der Waals surface area contributed by atoms with Crippen LogP contribution >= 0.6 is 0 Å².